The lowest BCUT2D eigenvalue weighted by Crippen LogP contribution is -2.48. The Morgan fingerprint density at radius 3 is 2.44 bits per heavy atom. The minimum atomic E-state index is -0.0978. The molecule has 2 nitrogen and oxygen atoms in total. The van der Waals surface area contributed by atoms with E-state index in [1.807, 2.05) is 0 Å². The van der Waals surface area contributed by atoms with Gasteiger partial charge in [-0.05, 0) is 53.5 Å². The minimum absolute atomic E-state index is 0.0978. The topological polar surface area (TPSA) is 21.3 Å². The molecule has 1 unspecified atom stereocenters. The van der Waals surface area contributed by atoms with Gasteiger partial charge < -0.3 is 10.1 Å². The van der Waals surface area contributed by atoms with Crippen LogP contribution in [0, 0.1) is 0 Å². The average Bonchev–Trinajstić information content (AvgIpc) is 2.16. The molecule has 0 aromatic heterocycles. The van der Waals surface area contributed by atoms with E-state index < -0.39 is 0 Å². The van der Waals surface area contributed by atoms with Crippen LogP contribution in [0.25, 0.3) is 0 Å². The van der Waals surface area contributed by atoms with Crippen LogP contribution in [0.4, 0.5) is 0 Å². The molecule has 0 aliphatic carbocycles. The molecular weight excluding hydrogens is 198 g/mol. The van der Waals surface area contributed by atoms with E-state index in [9.17, 15) is 0 Å². The van der Waals surface area contributed by atoms with E-state index in [0.29, 0.717) is 6.04 Å². The standard InChI is InChI=1S/C14H29NO/c1-7-11-15-13(10-9-12(3)4)14(5,6)16-8-2/h13,15H,3,7-11H2,1-2,4-6H3. The molecule has 2 heteroatoms. The van der Waals surface area contributed by atoms with Gasteiger partial charge in [-0.25, -0.2) is 0 Å². The second-order valence-electron chi connectivity index (χ2n) is 5.04. The molecule has 0 rings (SSSR count). The Hall–Kier alpha value is -0.340. The highest BCUT2D eigenvalue weighted by atomic mass is 16.5. The molecule has 0 heterocycles. The lowest BCUT2D eigenvalue weighted by Gasteiger charge is -2.35. The lowest BCUT2D eigenvalue weighted by molar-refractivity contribution is -0.0399. The predicted molar refractivity (Wildman–Crippen MR) is 71.8 cm³/mol. The van der Waals surface area contributed by atoms with Gasteiger partial charge in [0.15, 0.2) is 0 Å². The van der Waals surface area contributed by atoms with Crippen LogP contribution in [0.15, 0.2) is 12.2 Å². The van der Waals surface area contributed by atoms with Crippen LogP contribution in [-0.2, 0) is 4.74 Å². The van der Waals surface area contributed by atoms with E-state index in [4.69, 9.17) is 4.74 Å². The average molecular weight is 227 g/mol. The number of ether oxygens (including phenoxy) is 1. The van der Waals surface area contributed by atoms with Crippen molar-refractivity contribution in [2.75, 3.05) is 13.2 Å². The van der Waals surface area contributed by atoms with Gasteiger partial charge in [0, 0.05) is 12.6 Å². The van der Waals surface area contributed by atoms with Gasteiger partial charge in [0.2, 0.25) is 0 Å². The third kappa shape index (κ3) is 6.29. The summed E-state index contributed by atoms with van der Waals surface area (Å²) in [5, 5.41) is 3.58. The molecule has 0 aromatic carbocycles. The fourth-order valence-corrected chi connectivity index (χ4v) is 1.88. The molecule has 0 fully saturated rings. The summed E-state index contributed by atoms with van der Waals surface area (Å²) in [6.07, 6.45) is 3.33. The molecule has 0 bridgehead atoms. The Labute approximate surface area is 101 Å². The van der Waals surface area contributed by atoms with Gasteiger partial charge in [-0.15, -0.1) is 6.58 Å². The van der Waals surface area contributed by atoms with Gasteiger partial charge in [0.25, 0.3) is 0 Å². The van der Waals surface area contributed by atoms with Crippen LogP contribution < -0.4 is 5.32 Å². The van der Waals surface area contributed by atoms with Crippen molar-refractivity contribution < 1.29 is 4.74 Å². The maximum Gasteiger partial charge on any atom is 0.0778 e. The quantitative estimate of drug-likeness (QED) is 0.608. The Bertz CT molecular complexity index is 199. The highest BCUT2D eigenvalue weighted by Gasteiger charge is 2.28. The van der Waals surface area contributed by atoms with Crippen molar-refractivity contribution >= 4 is 0 Å². The number of allylic oxidation sites excluding steroid dienone is 1. The van der Waals surface area contributed by atoms with Crippen LogP contribution in [0.3, 0.4) is 0 Å². The zero-order valence-electron chi connectivity index (χ0n) is 11.7. The molecule has 0 aliphatic heterocycles. The van der Waals surface area contributed by atoms with Crippen LogP contribution in [-0.4, -0.2) is 24.8 Å². The predicted octanol–water partition coefficient (Wildman–Crippen LogP) is 3.53. The smallest absolute Gasteiger partial charge is 0.0778 e. The molecule has 0 spiro atoms. The molecule has 16 heavy (non-hydrogen) atoms. The normalized spacial score (nSPS) is 13.8. The van der Waals surface area contributed by atoms with Gasteiger partial charge in [-0.3, -0.25) is 0 Å². The van der Waals surface area contributed by atoms with Gasteiger partial charge in [0.05, 0.1) is 5.60 Å². The van der Waals surface area contributed by atoms with Crippen molar-refractivity contribution in [2.24, 2.45) is 0 Å². The first-order chi connectivity index (χ1) is 7.44. The van der Waals surface area contributed by atoms with E-state index in [1.54, 1.807) is 0 Å². The van der Waals surface area contributed by atoms with Crippen LogP contribution >= 0.6 is 0 Å². The van der Waals surface area contributed by atoms with Gasteiger partial charge in [-0.2, -0.15) is 0 Å². The molecule has 0 amide bonds. The van der Waals surface area contributed by atoms with E-state index >= 15 is 0 Å². The maximum absolute atomic E-state index is 5.83. The summed E-state index contributed by atoms with van der Waals surface area (Å²) in [5.74, 6) is 0. The number of nitrogens with one attached hydrogen (secondary N) is 1. The minimum Gasteiger partial charge on any atom is -0.374 e. The van der Waals surface area contributed by atoms with Crippen LogP contribution in [0.2, 0.25) is 0 Å². The molecule has 1 N–H and O–H groups in total. The van der Waals surface area contributed by atoms with Crippen molar-refractivity contribution in [3.63, 3.8) is 0 Å². The molecule has 96 valence electrons. The first kappa shape index (κ1) is 15.7. The van der Waals surface area contributed by atoms with Crippen molar-refractivity contribution in [1.82, 2.24) is 5.32 Å². The van der Waals surface area contributed by atoms with Gasteiger partial charge in [-0.1, -0.05) is 12.5 Å². The fraction of sp³-hybridized carbons (Fsp3) is 0.857. The summed E-state index contributed by atoms with van der Waals surface area (Å²) < 4.78 is 5.83. The summed E-state index contributed by atoms with van der Waals surface area (Å²) in [7, 11) is 0. The number of rotatable bonds is 9. The van der Waals surface area contributed by atoms with E-state index in [-0.39, 0.29) is 5.60 Å². The van der Waals surface area contributed by atoms with E-state index in [2.05, 4.69) is 46.5 Å². The SMILES string of the molecule is C=C(C)CCC(NCCC)C(C)(C)OCC. The highest BCUT2D eigenvalue weighted by molar-refractivity contribution is 4.93. The lowest BCUT2D eigenvalue weighted by atomic mass is 9.92. The Morgan fingerprint density at radius 1 is 1.38 bits per heavy atom. The van der Waals surface area contributed by atoms with E-state index in [0.717, 1.165) is 32.4 Å². The molecular formula is C14H29NO. The third-order valence-electron chi connectivity index (χ3n) is 2.86. The van der Waals surface area contributed by atoms with Crippen molar-refractivity contribution in [3.8, 4) is 0 Å². The summed E-state index contributed by atoms with van der Waals surface area (Å²) in [6, 6.07) is 0.407. The first-order valence-corrected chi connectivity index (χ1v) is 6.45. The molecule has 0 aliphatic rings. The van der Waals surface area contributed by atoms with Crippen LogP contribution in [0.1, 0.15) is 53.9 Å². The van der Waals surface area contributed by atoms with Crippen molar-refractivity contribution in [1.29, 1.82) is 0 Å². The maximum atomic E-state index is 5.83. The fourth-order valence-electron chi connectivity index (χ4n) is 1.88. The zero-order chi connectivity index (χ0) is 12.6. The molecule has 0 saturated heterocycles. The second kappa shape index (κ2) is 7.86. The number of hydrogen-bond acceptors (Lipinski definition) is 2. The highest BCUT2D eigenvalue weighted by Crippen LogP contribution is 2.20. The third-order valence-corrected chi connectivity index (χ3v) is 2.86. The van der Waals surface area contributed by atoms with E-state index in [1.165, 1.54) is 5.57 Å². The molecule has 1 atom stereocenters. The van der Waals surface area contributed by atoms with Gasteiger partial charge in [0.1, 0.15) is 0 Å². The van der Waals surface area contributed by atoms with Gasteiger partial charge >= 0.3 is 0 Å². The van der Waals surface area contributed by atoms with Crippen molar-refractivity contribution in [2.45, 2.75) is 65.5 Å². The molecule has 0 saturated carbocycles. The largest absolute Gasteiger partial charge is 0.374 e. The monoisotopic (exact) mass is 227 g/mol. The summed E-state index contributed by atoms with van der Waals surface area (Å²) in [4.78, 5) is 0. The summed E-state index contributed by atoms with van der Waals surface area (Å²) in [6.45, 7) is 16.5. The van der Waals surface area contributed by atoms with Crippen LogP contribution in [0.5, 0.6) is 0 Å². The summed E-state index contributed by atoms with van der Waals surface area (Å²) >= 11 is 0. The first-order valence-electron chi connectivity index (χ1n) is 6.45. The molecule has 0 radical (unpaired) electrons. The van der Waals surface area contributed by atoms with Crippen molar-refractivity contribution in [3.05, 3.63) is 12.2 Å². The zero-order valence-corrected chi connectivity index (χ0v) is 11.7. The Kier molecular flexibility index (Phi) is 7.69. The summed E-state index contributed by atoms with van der Waals surface area (Å²) in [5.41, 5.74) is 1.15. The Balaban J connectivity index is 4.32. The molecule has 0 aromatic rings. The second-order valence-corrected chi connectivity index (χ2v) is 5.04. The Morgan fingerprint density at radius 2 is 2.00 bits per heavy atom. The number of hydrogen-bond donors (Lipinski definition) is 1.